The van der Waals surface area contributed by atoms with E-state index in [0.29, 0.717) is 5.69 Å². The maximum atomic E-state index is 13.6. The van der Waals surface area contributed by atoms with E-state index in [-0.39, 0.29) is 0 Å². The van der Waals surface area contributed by atoms with Gasteiger partial charge in [0.2, 0.25) is 15.9 Å². The van der Waals surface area contributed by atoms with Gasteiger partial charge >= 0.3 is 0 Å². The fraction of sp³-hybridized carbons (Fsp3) is 0.235. The zero-order valence-electron chi connectivity index (χ0n) is 13.6. The SMILES string of the molecule is Cc1ccc(NC(=O)[C@@H](C)NS(=O)(=O)c2ccccc2F)cc1C. The number of carbonyl (C=O) groups excluding carboxylic acids is 1. The van der Waals surface area contributed by atoms with E-state index < -0.39 is 32.7 Å². The maximum Gasteiger partial charge on any atom is 0.244 e. The summed E-state index contributed by atoms with van der Waals surface area (Å²) in [4.78, 5) is 11.7. The first-order chi connectivity index (χ1) is 11.2. The normalized spacial score (nSPS) is 12.7. The van der Waals surface area contributed by atoms with Gasteiger partial charge in [-0.25, -0.2) is 12.8 Å². The van der Waals surface area contributed by atoms with Crippen molar-refractivity contribution in [3.8, 4) is 0 Å². The monoisotopic (exact) mass is 350 g/mol. The molecule has 0 radical (unpaired) electrons. The number of hydrogen-bond donors (Lipinski definition) is 2. The Morgan fingerprint density at radius 3 is 2.38 bits per heavy atom. The zero-order chi connectivity index (χ0) is 17.9. The smallest absolute Gasteiger partial charge is 0.244 e. The van der Waals surface area contributed by atoms with Crippen LogP contribution in [0.25, 0.3) is 0 Å². The lowest BCUT2D eigenvalue weighted by Crippen LogP contribution is -2.41. The van der Waals surface area contributed by atoms with Crippen molar-refractivity contribution in [3.05, 3.63) is 59.4 Å². The number of sulfonamides is 1. The van der Waals surface area contributed by atoms with Gasteiger partial charge in [-0.1, -0.05) is 18.2 Å². The summed E-state index contributed by atoms with van der Waals surface area (Å²) in [5.41, 5.74) is 2.66. The highest BCUT2D eigenvalue weighted by atomic mass is 32.2. The number of rotatable bonds is 5. The zero-order valence-corrected chi connectivity index (χ0v) is 14.4. The highest BCUT2D eigenvalue weighted by molar-refractivity contribution is 7.89. The van der Waals surface area contributed by atoms with Gasteiger partial charge in [-0.3, -0.25) is 4.79 Å². The van der Waals surface area contributed by atoms with E-state index in [1.165, 1.54) is 19.1 Å². The number of carbonyl (C=O) groups is 1. The third kappa shape index (κ3) is 4.18. The van der Waals surface area contributed by atoms with Crippen LogP contribution in [0.1, 0.15) is 18.1 Å². The number of hydrogen-bond acceptors (Lipinski definition) is 3. The summed E-state index contributed by atoms with van der Waals surface area (Å²) in [7, 11) is -4.13. The topological polar surface area (TPSA) is 75.3 Å². The van der Waals surface area contributed by atoms with Crippen LogP contribution in [0.4, 0.5) is 10.1 Å². The van der Waals surface area contributed by atoms with Crippen LogP contribution in [-0.4, -0.2) is 20.4 Å². The molecule has 0 bridgehead atoms. The molecule has 0 spiro atoms. The third-order valence-electron chi connectivity index (χ3n) is 3.63. The van der Waals surface area contributed by atoms with Crippen molar-refractivity contribution >= 4 is 21.6 Å². The molecule has 128 valence electrons. The summed E-state index contributed by atoms with van der Waals surface area (Å²) < 4.78 is 40.2. The molecule has 1 amide bonds. The van der Waals surface area contributed by atoms with Crippen molar-refractivity contribution in [2.75, 3.05) is 5.32 Å². The van der Waals surface area contributed by atoms with Crippen LogP contribution in [0.3, 0.4) is 0 Å². The second-order valence-corrected chi connectivity index (χ2v) is 7.24. The number of aryl methyl sites for hydroxylation is 2. The second kappa shape index (κ2) is 7.11. The van der Waals surface area contributed by atoms with Crippen molar-refractivity contribution in [1.82, 2.24) is 4.72 Å². The van der Waals surface area contributed by atoms with Crippen molar-refractivity contribution in [1.29, 1.82) is 0 Å². The van der Waals surface area contributed by atoms with E-state index in [4.69, 9.17) is 0 Å². The molecule has 0 fully saturated rings. The summed E-state index contributed by atoms with van der Waals surface area (Å²) in [6, 6.07) is 9.33. The van der Waals surface area contributed by atoms with Crippen LogP contribution in [0.2, 0.25) is 0 Å². The van der Waals surface area contributed by atoms with Crippen molar-refractivity contribution in [3.63, 3.8) is 0 Å². The molecule has 0 saturated carbocycles. The molecule has 7 heteroatoms. The molecule has 24 heavy (non-hydrogen) atoms. The molecule has 2 aromatic rings. The van der Waals surface area contributed by atoms with E-state index in [9.17, 15) is 17.6 Å². The quantitative estimate of drug-likeness (QED) is 0.871. The lowest BCUT2D eigenvalue weighted by atomic mass is 10.1. The van der Waals surface area contributed by atoms with E-state index in [1.54, 1.807) is 12.1 Å². The molecule has 2 rings (SSSR count). The molecule has 0 heterocycles. The van der Waals surface area contributed by atoms with Gasteiger partial charge in [-0.05, 0) is 56.2 Å². The van der Waals surface area contributed by atoms with Crippen molar-refractivity contribution in [2.45, 2.75) is 31.7 Å². The van der Waals surface area contributed by atoms with Crippen LogP contribution in [0, 0.1) is 19.7 Å². The number of benzene rings is 2. The molecular weight excluding hydrogens is 331 g/mol. The molecule has 0 aromatic heterocycles. The van der Waals surface area contributed by atoms with Crippen LogP contribution in [0.5, 0.6) is 0 Å². The minimum atomic E-state index is -4.13. The highest BCUT2D eigenvalue weighted by Crippen LogP contribution is 2.16. The maximum absolute atomic E-state index is 13.6. The molecule has 0 aliphatic carbocycles. The minimum Gasteiger partial charge on any atom is -0.325 e. The lowest BCUT2D eigenvalue weighted by Gasteiger charge is -2.15. The average Bonchev–Trinajstić information content (AvgIpc) is 2.50. The van der Waals surface area contributed by atoms with Gasteiger partial charge in [-0.2, -0.15) is 4.72 Å². The Morgan fingerprint density at radius 1 is 1.08 bits per heavy atom. The summed E-state index contributed by atoms with van der Waals surface area (Å²) in [6.45, 7) is 5.26. The molecule has 0 aliphatic heterocycles. The molecular formula is C17H19FN2O3S. The standard InChI is InChI=1S/C17H19FN2O3S/c1-11-8-9-14(10-12(11)2)19-17(21)13(3)20-24(22,23)16-7-5-4-6-15(16)18/h4-10,13,20H,1-3H3,(H,19,21)/t13-/m1/s1. The van der Waals surface area contributed by atoms with Gasteiger partial charge in [-0.15, -0.1) is 0 Å². The van der Waals surface area contributed by atoms with Crippen molar-refractivity contribution in [2.24, 2.45) is 0 Å². The molecule has 1 atom stereocenters. The number of anilines is 1. The van der Waals surface area contributed by atoms with Crippen LogP contribution in [0.15, 0.2) is 47.4 Å². The molecule has 2 aromatic carbocycles. The first kappa shape index (κ1) is 18.1. The van der Waals surface area contributed by atoms with Gasteiger partial charge in [0.05, 0.1) is 6.04 Å². The Hall–Kier alpha value is -2.25. The predicted octanol–water partition coefficient (Wildman–Crippen LogP) is 2.75. The lowest BCUT2D eigenvalue weighted by molar-refractivity contribution is -0.117. The number of amides is 1. The first-order valence-corrected chi connectivity index (χ1v) is 8.84. The average molecular weight is 350 g/mol. The van der Waals surface area contributed by atoms with Gasteiger partial charge in [0.1, 0.15) is 10.7 Å². The van der Waals surface area contributed by atoms with Gasteiger partial charge in [0.25, 0.3) is 0 Å². The fourth-order valence-electron chi connectivity index (χ4n) is 2.08. The van der Waals surface area contributed by atoms with E-state index in [0.717, 1.165) is 23.3 Å². The number of halogens is 1. The third-order valence-corrected chi connectivity index (χ3v) is 5.20. The van der Waals surface area contributed by atoms with Crippen LogP contribution >= 0.6 is 0 Å². The summed E-state index contributed by atoms with van der Waals surface area (Å²) >= 11 is 0. The summed E-state index contributed by atoms with van der Waals surface area (Å²) in [5.74, 6) is -1.40. The van der Waals surface area contributed by atoms with Gasteiger partial charge in [0, 0.05) is 5.69 Å². The van der Waals surface area contributed by atoms with E-state index in [2.05, 4.69) is 10.0 Å². The predicted molar refractivity (Wildman–Crippen MR) is 90.7 cm³/mol. The van der Waals surface area contributed by atoms with Crippen molar-refractivity contribution < 1.29 is 17.6 Å². The summed E-state index contributed by atoms with van der Waals surface area (Å²) in [6.07, 6.45) is 0. The van der Waals surface area contributed by atoms with Crippen LogP contribution in [-0.2, 0) is 14.8 Å². The Bertz CT molecular complexity index is 866. The molecule has 0 unspecified atom stereocenters. The molecule has 0 saturated heterocycles. The van der Waals surface area contributed by atoms with E-state index >= 15 is 0 Å². The number of nitrogens with one attached hydrogen (secondary N) is 2. The van der Waals surface area contributed by atoms with E-state index in [1.807, 2.05) is 19.9 Å². The van der Waals surface area contributed by atoms with Gasteiger partial charge < -0.3 is 5.32 Å². The molecule has 5 nitrogen and oxygen atoms in total. The highest BCUT2D eigenvalue weighted by Gasteiger charge is 2.24. The Kier molecular flexibility index (Phi) is 5.36. The fourth-order valence-corrected chi connectivity index (χ4v) is 3.36. The molecule has 2 N–H and O–H groups in total. The summed E-state index contributed by atoms with van der Waals surface area (Å²) in [5, 5.41) is 2.64. The Labute approximate surface area is 141 Å². The second-order valence-electron chi connectivity index (χ2n) is 5.56. The Balaban J connectivity index is 2.11. The first-order valence-electron chi connectivity index (χ1n) is 7.35. The van der Waals surface area contributed by atoms with Crippen LogP contribution < -0.4 is 10.0 Å². The van der Waals surface area contributed by atoms with Gasteiger partial charge in [0.15, 0.2) is 0 Å². The minimum absolute atomic E-state index is 0.490. The molecule has 0 aliphatic rings. The largest absolute Gasteiger partial charge is 0.325 e. The Morgan fingerprint density at radius 2 is 1.75 bits per heavy atom.